The molecule has 1 aliphatic carbocycles. The van der Waals surface area contributed by atoms with Crippen molar-refractivity contribution in [2.24, 2.45) is 5.92 Å². The van der Waals surface area contributed by atoms with Gasteiger partial charge in [0.1, 0.15) is 0 Å². The maximum Gasteiger partial charge on any atom is -0.00147 e. The Morgan fingerprint density at radius 2 is 1.89 bits per heavy atom. The first-order valence-corrected chi connectivity index (χ1v) is 7.58. The molecular formula is C18H23N. The molecule has 1 nitrogen and oxygen atoms in total. The molecule has 0 bridgehead atoms. The predicted molar refractivity (Wildman–Crippen MR) is 82.6 cm³/mol. The van der Waals surface area contributed by atoms with Crippen LogP contribution < -0.4 is 5.32 Å². The third kappa shape index (κ3) is 2.66. The van der Waals surface area contributed by atoms with Crippen molar-refractivity contribution in [1.29, 1.82) is 0 Å². The summed E-state index contributed by atoms with van der Waals surface area (Å²) < 4.78 is 0. The zero-order valence-electron chi connectivity index (χ0n) is 11.7. The largest absolute Gasteiger partial charge is 0.316 e. The van der Waals surface area contributed by atoms with E-state index >= 15 is 0 Å². The van der Waals surface area contributed by atoms with E-state index in [1.54, 1.807) is 0 Å². The second-order valence-electron chi connectivity index (χ2n) is 5.75. The molecule has 0 saturated heterocycles. The van der Waals surface area contributed by atoms with E-state index in [1.165, 1.54) is 42.1 Å². The lowest BCUT2D eigenvalue weighted by molar-refractivity contribution is 0.246. The van der Waals surface area contributed by atoms with Gasteiger partial charge in [-0.15, -0.1) is 0 Å². The fraction of sp³-hybridized carbons (Fsp3) is 0.444. The Morgan fingerprint density at radius 1 is 1.05 bits per heavy atom. The maximum absolute atomic E-state index is 3.57. The molecule has 0 radical (unpaired) electrons. The van der Waals surface area contributed by atoms with Crippen molar-refractivity contribution in [2.75, 3.05) is 13.1 Å². The Morgan fingerprint density at radius 3 is 2.63 bits per heavy atom. The molecule has 0 amide bonds. The first-order valence-electron chi connectivity index (χ1n) is 7.58. The minimum absolute atomic E-state index is 0.772. The highest BCUT2D eigenvalue weighted by Crippen LogP contribution is 2.42. The molecule has 1 heteroatoms. The van der Waals surface area contributed by atoms with Crippen LogP contribution in [0.1, 0.15) is 37.7 Å². The van der Waals surface area contributed by atoms with Gasteiger partial charge in [-0.2, -0.15) is 0 Å². The molecule has 19 heavy (non-hydrogen) atoms. The minimum Gasteiger partial charge on any atom is -0.316 e. The van der Waals surface area contributed by atoms with Gasteiger partial charge in [0.2, 0.25) is 0 Å². The summed E-state index contributed by atoms with van der Waals surface area (Å²) in [6, 6.07) is 15.7. The van der Waals surface area contributed by atoms with Crippen molar-refractivity contribution in [3.8, 4) is 0 Å². The summed E-state index contributed by atoms with van der Waals surface area (Å²) in [5.74, 6) is 1.61. The van der Waals surface area contributed by atoms with E-state index in [2.05, 4.69) is 54.7 Å². The molecule has 2 aromatic carbocycles. The summed E-state index contributed by atoms with van der Waals surface area (Å²) in [7, 11) is 0. The van der Waals surface area contributed by atoms with Crippen LogP contribution >= 0.6 is 0 Å². The van der Waals surface area contributed by atoms with E-state index in [0.29, 0.717) is 0 Å². The molecule has 2 aromatic rings. The number of nitrogens with one attached hydrogen (secondary N) is 1. The average Bonchev–Trinajstić information content (AvgIpc) is 2.42. The van der Waals surface area contributed by atoms with Crippen molar-refractivity contribution in [3.05, 3.63) is 48.0 Å². The van der Waals surface area contributed by atoms with Crippen LogP contribution in [0.2, 0.25) is 0 Å². The summed E-state index contributed by atoms with van der Waals surface area (Å²) in [5.41, 5.74) is 1.54. The molecule has 1 N–H and O–H groups in total. The Kier molecular flexibility index (Phi) is 3.84. The van der Waals surface area contributed by atoms with Gasteiger partial charge in [0.15, 0.2) is 0 Å². The molecule has 1 fully saturated rings. The highest BCUT2D eigenvalue weighted by Gasteiger charge is 2.31. The number of rotatable bonds is 5. The van der Waals surface area contributed by atoms with Crippen LogP contribution in [0, 0.1) is 5.92 Å². The predicted octanol–water partition coefficient (Wildman–Crippen LogP) is 4.33. The van der Waals surface area contributed by atoms with Gasteiger partial charge in [0, 0.05) is 0 Å². The number of benzene rings is 2. The van der Waals surface area contributed by atoms with Gasteiger partial charge in [-0.05, 0) is 60.5 Å². The van der Waals surface area contributed by atoms with Crippen LogP contribution in [0.3, 0.4) is 0 Å². The molecular weight excluding hydrogens is 230 g/mol. The van der Waals surface area contributed by atoms with E-state index in [-0.39, 0.29) is 0 Å². The summed E-state index contributed by atoms with van der Waals surface area (Å²) >= 11 is 0. The zero-order valence-corrected chi connectivity index (χ0v) is 11.7. The molecule has 2 atom stereocenters. The molecule has 2 unspecified atom stereocenters. The van der Waals surface area contributed by atoms with E-state index in [1.807, 2.05) is 0 Å². The first-order chi connectivity index (χ1) is 9.38. The van der Waals surface area contributed by atoms with Crippen molar-refractivity contribution in [3.63, 3.8) is 0 Å². The van der Waals surface area contributed by atoms with Gasteiger partial charge >= 0.3 is 0 Å². The monoisotopic (exact) mass is 253 g/mol. The van der Waals surface area contributed by atoms with Crippen LogP contribution in [-0.2, 0) is 0 Å². The standard InChI is InChI=1S/C18H23N/c1-2-11-19-13-17-9-10-18(17)16-8-7-14-5-3-4-6-15(14)12-16/h3-8,12,17-19H,2,9-11,13H2,1H3. The summed E-state index contributed by atoms with van der Waals surface area (Å²) in [5, 5.41) is 6.31. The van der Waals surface area contributed by atoms with Gasteiger partial charge in [-0.25, -0.2) is 0 Å². The quantitative estimate of drug-likeness (QED) is 0.782. The lowest BCUT2D eigenvalue weighted by atomic mass is 9.69. The van der Waals surface area contributed by atoms with Crippen LogP contribution in [0.5, 0.6) is 0 Å². The van der Waals surface area contributed by atoms with Crippen molar-refractivity contribution in [2.45, 2.75) is 32.1 Å². The molecule has 3 rings (SSSR count). The zero-order chi connectivity index (χ0) is 13.1. The van der Waals surface area contributed by atoms with Gasteiger partial charge in [-0.3, -0.25) is 0 Å². The van der Waals surface area contributed by atoms with Gasteiger partial charge < -0.3 is 5.32 Å². The lowest BCUT2D eigenvalue weighted by Gasteiger charge is -2.37. The van der Waals surface area contributed by atoms with Gasteiger partial charge in [-0.1, -0.05) is 49.4 Å². The van der Waals surface area contributed by atoms with Crippen LogP contribution in [0.15, 0.2) is 42.5 Å². The molecule has 100 valence electrons. The van der Waals surface area contributed by atoms with Crippen LogP contribution in [0.4, 0.5) is 0 Å². The minimum atomic E-state index is 0.772. The Balaban J connectivity index is 1.73. The Labute approximate surface area is 116 Å². The van der Waals surface area contributed by atoms with Gasteiger partial charge in [0.05, 0.1) is 0 Å². The Hall–Kier alpha value is -1.34. The molecule has 0 aliphatic heterocycles. The third-order valence-corrected chi connectivity index (χ3v) is 4.45. The van der Waals surface area contributed by atoms with Crippen LogP contribution in [-0.4, -0.2) is 13.1 Å². The van der Waals surface area contributed by atoms with Crippen LogP contribution in [0.25, 0.3) is 10.8 Å². The van der Waals surface area contributed by atoms with Gasteiger partial charge in [0.25, 0.3) is 0 Å². The van der Waals surface area contributed by atoms with Crippen molar-refractivity contribution in [1.82, 2.24) is 5.32 Å². The SMILES string of the molecule is CCCNCC1CCC1c1ccc2ccccc2c1. The maximum atomic E-state index is 3.57. The molecule has 0 aromatic heterocycles. The molecule has 0 heterocycles. The summed E-state index contributed by atoms with van der Waals surface area (Å²) in [6.07, 6.45) is 3.97. The normalized spacial score (nSPS) is 22.4. The van der Waals surface area contributed by atoms with E-state index in [0.717, 1.165) is 18.4 Å². The fourth-order valence-corrected chi connectivity index (χ4v) is 3.15. The highest BCUT2D eigenvalue weighted by atomic mass is 14.9. The number of hydrogen-bond donors (Lipinski definition) is 1. The average molecular weight is 253 g/mol. The Bertz CT molecular complexity index is 546. The second-order valence-corrected chi connectivity index (χ2v) is 5.75. The summed E-state index contributed by atoms with van der Waals surface area (Å²) in [4.78, 5) is 0. The topological polar surface area (TPSA) is 12.0 Å². The summed E-state index contributed by atoms with van der Waals surface area (Å²) in [6.45, 7) is 4.57. The fourth-order valence-electron chi connectivity index (χ4n) is 3.15. The van der Waals surface area contributed by atoms with E-state index < -0.39 is 0 Å². The van der Waals surface area contributed by atoms with Crippen molar-refractivity contribution < 1.29 is 0 Å². The van der Waals surface area contributed by atoms with E-state index in [9.17, 15) is 0 Å². The molecule has 1 saturated carbocycles. The molecule has 0 spiro atoms. The molecule has 1 aliphatic rings. The second kappa shape index (κ2) is 5.75. The number of fused-ring (bicyclic) bond motifs is 1. The van der Waals surface area contributed by atoms with Crippen molar-refractivity contribution >= 4 is 10.8 Å². The van der Waals surface area contributed by atoms with E-state index in [4.69, 9.17) is 0 Å². The third-order valence-electron chi connectivity index (χ3n) is 4.45. The highest BCUT2D eigenvalue weighted by molar-refractivity contribution is 5.83. The smallest absolute Gasteiger partial charge is 0.00147 e. The first kappa shape index (κ1) is 12.7. The lowest BCUT2D eigenvalue weighted by Crippen LogP contribution is -2.34. The number of hydrogen-bond acceptors (Lipinski definition) is 1.